The van der Waals surface area contributed by atoms with Crippen molar-refractivity contribution >= 4 is 29.7 Å². The Balaban J connectivity index is 1.49. The van der Waals surface area contributed by atoms with Gasteiger partial charge in [-0.15, -0.1) is 0 Å². The summed E-state index contributed by atoms with van der Waals surface area (Å²) in [5, 5.41) is 24.1. The summed E-state index contributed by atoms with van der Waals surface area (Å²) in [5.41, 5.74) is -5.43. The maximum Gasteiger partial charge on any atom is 0.343 e. The summed E-state index contributed by atoms with van der Waals surface area (Å²) >= 11 is 0. The molecular weight excluding hydrogens is 612 g/mol. The molecule has 0 bridgehead atoms. The lowest BCUT2D eigenvalue weighted by Crippen LogP contribution is -2.72. The van der Waals surface area contributed by atoms with E-state index in [1.165, 1.54) is 27.7 Å². The topological polar surface area (TPSA) is 175 Å². The average molecular weight is 659 g/mol. The van der Waals surface area contributed by atoms with Gasteiger partial charge in [-0.3, -0.25) is 19.2 Å². The van der Waals surface area contributed by atoms with Crippen LogP contribution in [0.1, 0.15) is 68.7 Å². The zero-order chi connectivity index (χ0) is 34.5. The number of Topliss-reactive ketones (excluding diaryl/α,β-unsaturated/α-hetero) is 1. The average Bonchev–Trinajstić information content (AvgIpc) is 3.65. The molecule has 0 radical (unpaired) electrons. The molecule has 12 nitrogen and oxygen atoms in total. The molecule has 258 valence electrons. The normalized spacial score (nSPS) is 55.1. The molecule has 2 heterocycles. The lowest BCUT2D eigenvalue weighted by molar-refractivity contribution is -0.252. The van der Waals surface area contributed by atoms with Crippen LogP contribution in [0.2, 0.25) is 0 Å². The van der Waals surface area contributed by atoms with Gasteiger partial charge in [0.2, 0.25) is 0 Å². The molecule has 12 heteroatoms. The number of fused-ring (bicyclic) bond motifs is 10. The number of aliphatic hydroxyl groups is 2. The van der Waals surface area contributed by atoms with Crippen molar-refractivity contribution in [1.82, 2.24) is 0 Å². The Morgan fingerprint density at radius 1 is 0.851 bits per heavy atom. The van der Waals surface area contributed by atoms with Gasteiger partial charge >= 0.3 is 23.9 Å². The molecule has 5 aliphatic carbocycles. The van der Waals surface area contributed by atoms with Gasteiger partial charge in [-0.2, -0.15) is 0 Å². The van der Waals surface area contributed by atoms with Crippen molar-refractivity contribution in [2.75, 3.05) is 0 Å². The summed E-state index contributed by atoms with van der Waals surface area (Å²) in [6, 6.07) is 0. The van der Waals surface area contributed by atoms with E-state index in [0.29, 0.717) is 6.42 Å². The number of rotatable bonds is 3. The van der Waals surface area contributed by atoms with Crippen LogP contribution in [-0.2, 0) is 47.7 Å². The first-order chi connectivity index (χ1) is 21.7. The first-order valence-corrected chi connectivity index (χ1v) is 16.8. The first-order valence-electron chi connectivity index (χ1n) is 16.8. The van der Waals surface area contributed by atoms with Crippen LogP contribution in [0.15, 0.2) is 11.8 Å². The molecule has 2 aliphatic heterocycles. The van der Waals surface area contributed by atoms with Crippen LogP contribution in [0, 0.1) is 63.6 Å². The van der Waals surface area contributed by atoms with E-state index in [9.17, 15) is 34.2 Å². The second kappa shape index (κ2) is 9.88. The van der Waals surface area contributed by atoms with Gasteiger partial charge in [-0.05, 0) is 50.0 Å². The van der Waals surface area contributed by atoms with Gasteiger partial charge in [0, 0.05) is 55.3 Å². The Morgan fingerprint density at radius 3 is 2.04 bits per heavy atom. The molecule has 0 aromatic heterocycles. The van der Waals surface area contributed by atoms with Crippen LogP contribution in [0.25, 0.3) is 0 Å². The van der Waals surface area contributed by atoms with Crippen molar-refractivity contribution in [1.29, 1.82) is 0 Å². The molecule has 18 atom stereocenters. The molecule has 7 rings (SSSR count). The number of ether oxygens (including phenoxy) is 5. The van der Waals surface area contributed by atoms with E-state index in [-0.39, 0.29) is 23.6 Å². The van der Waals surface area contributed by atoms with E-state index in [2.05, 4.69) is 0 Å². The fourth-order valence-corrected chi connectivity index (χ4v) is 12.5. The Labute approximate surface area is 273 Å². The van der Waals surface area contributed by atoms with Gasteiger partial charge in [0.15, 0.2) is 11.4 Å². The minimum absolute atomic E-state index is 0.278. The van der Waals surface area contributed by atoms with Gasteiger partial charge in [0.05, 0.1) is 11.5 Å². The summed E-state index contributed by atoms with van der Waals surface area (Å²) in [7, 11) is 0. The third-order valence-electron chi connectivity index (χ3n) is 14.1. The number of carbonyl (C=O) groups is 5. The molecule has 0 amide bonds. The van der Waals surface area contributed by atoms with Crippen LogP contribution in [0.3, 0.4) is 0 Å². The summed E-state index contributed by atoms with van der Waals surface area (Å²) in [5.74, 6) is -7.46. The molecule has 4 saturated carbocycles. The Bertz CT molecular complexity index is 1500. The van der Waals surface area contributed by atoms with Crippen LogP contribution in [0.5, 0.6) is 0 Å². The van der Waals surface area contributed by atoms with Crippen molar-refractivity contribution in [3.05, 3.63) is 11.8 Å². The van der Waals surface area contributed by atoms with Crippen LogP contribution in [0.4, 0.5) is 0 Å². The van der Waals surface area contributed by atoms with E-state index in [1.54, 1.807) is 6.92 Å². The molecule has 2 saturated heterocycles. The highest BCUT2D eigenvalue weighted by atomic mass is 16.6. The number of ketones is 1. The number of allylic oxidation sites excluding steroid dienone is 1. The Kier molecular flexibility index (Phi) is 6.87. The lowest BCUT2D eigenvalue weighted by atomic mass is 9.39. The molecule has 0 spiro atoms. The van der Waals surface area contributed by atoms with Crippen molar-refractivity contribution in [3.63, 3.8) is 0 Å². The lowest BCUT2D eigenvalue weighted by Gasteiger charge is -2.65. The van der Waals surface area contributed by atoms with Crippen molar-refractivity contribution in [2.45, 2.75) is 111 Å². The number of hydrogen-bond donors (Lipinski definition) is 2. The third kappa shape index (κ3) is 3.83. The van der Waals surface area contributed by atoms with Crippen LogP contribution in [-0.4, -0.2) is 82.1 Å². The first kappa shape index (κ1) is 32.7. The number of hydrogen-bond acceptors (Lipinski definition) is 12. The monoisotopic (exact) mass is 658 g/mol. The van der Waals surface area contributed by atoms with E-state index in [0.717, 1.165) is 0 Å². The van der Waals surface area contributed by atoms with Gasteiger partial charge in [-0.25, -0.2) is 4.79 Å². The fraction of sp³-hybridized carbons (Fsp3) is 0.800. The molecule has 2 N–H and O–H groups in total. The largest absolute Gasteiger partial charge is 0.462 e. The van der Waals surface area contributed by atoms with Gasteiger partial charge in [0.1, 0.15) is 36.3 Å². The van der Waals surface area contributed by atoms with Gasteiger partial charge in [0.25, 0.3) is 0 Å². The van der Waals surface area contributed by atoms with E-state index in [1.807, 2.05) is 33.8 Å². The predicted octanol–water partition coefficient (Wildman–Crippen LogP) is 2.12. The quantitative estimate of drug-likeness (QED) is 0.257. The van der Waals surface area contributed by atoms with Crippen LogP contribution >= 0.6 is 0 Å². The summed E-state index contributed by atoms with van der Waals surface area (Å²) in [4.78, 5) is 66.1. The van der Waals surface area contributed by atoms with E-state index in [4.69, 9.17) is 23.7 Å². The highest BCUT2D eigenvalue weighted by molar-refractivity contribution is 5.88. The molecule has 47 heavy (non-hydrogen) atoms. The minimum atomic E-state index is -2.01. The summed E-state index contributed by atoms with van der Waals surface area (Å²) in [6.45, 7) is 14.8. The van der Waals surface area contributed by atoms with Crippen molar-refractivity contribution in [2.24, 2.45) is 63.6 Å². The molecule has 7 aliphatic rings. The van der Waals surface area contributed by atoms with E-state index >= 15 is 0 Å². The van der Waals surface area contributed by atoms with Gasteiger partial charge < -0.3 is 33.9 Å². The molecule has 0 aromatic carbocycles. The zero-order valence-corrected chi connectivity index (χ0v) is 28.3. The second-order valence-electron chi connectivity index (χ2n) is 16.2. The highest BCUT2D eigenvalue weighted by Gasteiger charge is 2.82. The number of aliphatic hydroxyl groups excluding tert-OH is 1. The van der Waals surface area contributed by atoms with E-state index < -0.39 is 118 Å². The molecule has 6 fully saturated rings. The predicted molar refractivity (Wildman–Crippen MR) is 159 cm³/mol. The highest BCUT2D eigenvalue weighted by Crippen LogP contribution is 2.76. The molecule has 0 aromatic rings. The standard InChI is InChI=1S/C35H46O12/c1-12-10-19-34(8,35(9,42)31(41)47-19)24-21(12)33(7)23(28(24)43-14(3)36)20-22(13(2)29(33)44-15(4)37)32(6)17(25(39)26(20)40)11-18-27(46-18)30(32)45-16(5)38/h10,12-13,17-18,20-24,26-30,40,42H,11H2,1-9H3/t12-,13+,17-,18+,20?,21+,22?,23-,24+,26?,27+,28-,29+,30+,32+,33-,34+,35-/m1/s1. The fourth-order valence-electron chi connectivity index (χ4n) is 12.5. The number of esters is 4. The number of epoxide rings is 1. The third-order valence-corrected chi connectivity index (χ3v) is 14.1. The van der Waals surface area contributed by atoms with Gasteiger partial charge in [-0.1, -0.05) is 27.7 Å². The zero-order valence-electron chi connectivity index (χ0n) is 28.3. The smallest absolute Gasteiger partial charge is 0.343 e. The molecular formula is C35H46O12. The van der Waals surface area contributed by atoms with Crippen molar-refractivity contribution in [3.8, 4) is 0 Å². The SMILES string of the molecule is CC(=O)O[C@H]1[C@@H]2[C@H]([C@H](C)C=C3OC(=O)[C@@](C)(O)[C@@]32C)[C@]2(C)[C@@H]1C1C(O)C(=O)[C@H]3C[C@@H]4O[C@@H]4[C@H](OC(C)=O)[C@]3(C)C1[C@H](C)[C@@H]2OC(C)=O. The van der Waals surface area contributed by atoms with Crippen LogP contribution < -0.4 is 0 Å². The minimum Gasteiger partial charge on any atom is -0.462 e. The second-order valence-corrected chi connectivity index (χ2v) is 16.2. The maximum atomic E-state index is 14.4. The Hall–Kier alpha value is -2.83. The van der Waals surface area contributed by atoms with Crippen molar-refractivity contribution < 1.29 is 57.9 Å². The maximum absolute atomic E-state index is 14.4. The summed E-state index contributed by atoms with van der Waals surface area (Å²) < 4.78 is 30.2. The number of carbonyl (C=O) groups excluding carboxylic acids is 5. The molecule has 3 unspecified atom stereocenters. The summed E-state index contributed by atoms with van der Waals surface area (Å²) in [6.07, 6.45) is -2.65. The Morgan fingerprint density at radius 2 is 1.45 bits per heavy atom.